The van der Waals surface area contributed by atoms with Crippen molar-refractivity contribution in [2.24, 2.45) is 0 Å². The van der Waals surface area contributed by atoms with Crippen LogP contribution in [-0.4, -0.2) is 12.0 Å². The van der Waals surface area contributed by atoms with Crippen LogP contribution in [0.1, 0.15) is 5.76 Å². The molecule has 2 aromatic heterocycles. The highest BCUT2D eigenvalue weighted by atomic mass is 16.3. The molecule has 0 amide bonds. The van der Waals surface area contributed by atoms with Gasteiger partial charge in [0.15, 0.2) is 0 Å². The van der Waals surface area contributed by atoms with Crippen LogP contribution in [0.2, 0.25) is 0 Å². The maximum atomic E-state index is 5.83. The predicted octanol–water partition coefficient (Wildman–Crippen LogP) is 3.21. The highest BCUT2D eigenvalue weighted by Crippen LogP contribution is 2.28. The Kier molecular flexibility index (Phi) is 2.82. The molecule has 0 aliphatic rings. The molecule has 0 bridgehead atoms. The summed E-state index contributed by atoms with van der Waals surface area (Å²) in [5, 5.41) is 4.20. The lowest BCUT2D eigenvalue weighted by molar-refractivity contribution is 0.507. The van der Waals surface area contributed by atoms with Crippen molar-refractivity contribution < 1.29 is 4.42 Å². The van der Waals surface area contributed by atoms with Gasteiger partial charge in [-0.25, -0.2) is 0 Å². The summed E-state index contributed by atoms with van der Waals surface area (Å²) in [5.74, 6) is 1.83. The van der Waals surface area contributed by atoms with Gasteiger partial charge in [-0.05, 0) is 31.3 Å². The summed E-state index contributed by atoms with van der Waals surface area (Å²) in [6, 6.07) is 14.1. The lowest BCUT2D eigenvalue weighted by Crippen LogP contribution is -2.03. The Bertz CT molecular complexity index is 668. The van der Waals surface area contributed by atoms with E-state index < -0.39 is 0 Å². The number of hydrogen-bond donors (Lipinski definition) is 1. The minimum atomic E-state index is 0.739. The molecule has 0 atom stereocenters. The van der Waals surface area contributed by atoms with E-state index in [1.165, 1.54) is 0 Å². The molecule has 0 unspecified atom stereocenters. The zero-order valence-corrected chi connectivity index (χ0v) is 10.2. The molecule has 0 saturated carbocycles. The van der Waals surface area contributed by atoms with Crippen LogP contribution >= 0.6 is 0 Å². The Labute approximate surface area is 105 Å². The number of benzene rings is 1. The lowest BCUT2D eigenvalue weighted by atomic mass is 10.1. The van der Waals surface area contributed by atoms with Gasteiger partial charge in [0.2, 0.25) is 0 Å². The van der Waals surface area contributed by atoms with E-state index in [1.807, 2.05) is 37.4 Å². The van der Waals surface area contributed by atoms with Gasteiger partial charge in [0.25, 0.3) is 0 Å². The third-order valence-electron chi connectivity index (χ3n) is 2.92. The number of nitrogens with one attached hydrogen (secondary N) is 1. The van der Waals surface area contributed by atoms with E-state index >= 15 is 0 Å². The molecule has 0 fully saturated rings. The molecule has 0 radical (unpaired) electrons. The number of pyridine rings is 1. The van der Waals surface area contributed by atoms with Crippen LogP contribution in [-0.2, 0) is 6.54 Å². The summed E-state index contributed by atoms with van der Waals surface area (Å²) in [7, 11) is 1.91. The standard InChI is InChI=1S/C15H14N2O/c1-16-10-11-7-8-15(18-11)13-4-2-6-14-12(13)5-3-9-17-14/h2-9,16H,10H2,1H3. The largest absolute Gasteiger partial charge is 0.460 e. The molecular formula is C15H14N2O. The minimum Gasteiger partial charge on any atom is -0.460 e. The number of rotatable bonds is 3. The van der Waals surface area contributed by atoms with E-state index in [0.717, 1.165) is 34.5 Å². The van der Waals surface area contributed by atoms with Gasteiger partial charge in [-0.3, -0.25) is 4.98 Å². The summed E-state index contributed by atoms with van der Waals surface area (Å²) >= 11 is 0. The molecule has 90 valence electrons. The molecular weight excluding hydrogens is 224 g/mol. The highest BCUT2D eigenvalue weighted by molar-refractivity contribution is 5.93. The normalized spacial score (nSPS) is 10.9. The van der Waals surface area contributed by atoms with Crippen molar-refractivity contribution in [2.45, 2.75) is 6.54 Å². The van der Waals surface area contributed by atoms with Gasteiger partial charge in [-0.2, -0.15) is 0 Å². The summed E-state index contributed by atoms with van der Waals surface area (Å²) < 4.78 is 5.83. The first-order valence-corrected chi connectivity index (χ1v) is 5.96. The van der Waals surface area contributed by atoms with Crippen molar-refractivity contribution in [1.82, 2.24) is 10.3 Å². The third kappa shape index (κ3) is 1.89. The van der Waals surface area contributed by atoms with Gasteiger partial charge >= 0.3 is 0 Å². The first-order chi connectivity index (χ1) is 8.88. The van der Waals surface area contributed by atoms with Crippen molar-refractivity contribution in [3.8, 4) is 11.3 Å². The van der Waals surface area contributed by atoms with Crippen LogP contribution in [0.4, 0.5) is 0 Å². The molecule has 3 rings (SSSR count). The Hall–Kier alpha value is -2.13. The van der Waals surface area contributed by atoms with E-state index in [4.69, 9.17) is 4.42 Å². The number of aromatic nitrogens is 1. The van der Waals surface area contributed by atoms with E-state index in [0.29, 0.717) is 0 Å². The van der Waals surface area contributed by atoms with Crippen LogP contribution < -0.4 is 5.32 Å². The first kappa shape index (κ1) is 11.0. The van der Waals surface area contributed by atoms with Crippen LogP contribution in [0.5, 0.6) is 0 Å². The topological polar surface area (TPSA) is 38.1 Å². The van der Waals surface area contributed by atoms with Gasteiger partial charge in [0.1, 0.15) is 11.5 Å². The van der Waals surface area contributed by atoms with Crippen LogP contribution in [0, 0.1) is 0 Å². The van der Waals surface area contributed by atoms with Crippen LogP contribution in [0.15, 0.2) is 53.1 Å². The summed E-state index contributed by atoms with van der Waals surface area (Å²) in [5.41, 5.74) is 2.07. The molecule has 3 aromatic rings. The Morgan fingerprint density at radius 1 is 1.11 bits per heavy atom. The molecule has 0 saturated heterocycles. The van der Waals surface area contributed by atoms with Crippen LogP contribution in [0.25, 0.3) is 22.2 Å². The molecule has 0 spiro atoms. The van der Waals surface area contributed by atoms with Gasteiger partial charge in [0, 0.05) is 17.1 Å². The van der Waals surface area contributed by atoms with Crippen molar-refractivity contribution in [3.05, 3.63) is 54.4 Å². The molecule has 0 aliphatic carbocycles. The van der Waals surface area contributed by atoms with Crippen molar-refractivity contribution in [2.75, 3.05) is 7.05 Å². The maximum Gasteiger partial charge on any atom is 0.135 e. The molecule has 3 heteroatoms. The maximum absolute atomic E-state index is 5.83. The Morgan fingerprint density at radius 3 is 2.94 bits per heavy atom. The van der Waals surface area contributed by atoms with Gasteiger partial charge in [0.05, 0.1) is 12.1 Å². The fraction of sp³-hybridized carbons (Fsp3) is 0.133. The molecule has 1 aromatic carbocycles. The quantitative estimate of drug-likeness (QED) is 0.761. The highest BCUT2D eigenvalue weighted by Gasteiger charge is 2.08. The molecule has 18 heavy (non-hydrogen) atoms. The second-order valence-electron chi connectivity index (χ2n) is 4.17. The van der Waals surface area contributed by atoms with E-state index in [-0.39, 0.29) is 0 Å². The monoisotopic (exact) mass is 238 g/mol. The molecule has 1 N–H and O–H groups in total. The second-order valence-corrected chi connectivity index (χ2v) is 4.17. The third-order valence-corrected chi connectivity index (χ3v) is 2.92. The number of fused-ring (bicyclic) bond motifs is 1. The van der Waals surface area contributed by atoms with Crippen molar-refractivity contribution in [1.29, 1.82) is 0 Å². The average molecular weight is 238 g/mol. The number of hydrogen-bond acceptors (Lipinski definition) is 3. The molecule has 0 aliphatic heterocycles. The lowest BCUT2D eigenvalue weighted by Gasteiger charge is -2.03. The minimum absolute atomic E-state index is 0.739. The summed E-state index contributed by atoms with van der Waals surface area (Å²) in [6.07, 6.45) is 1.81. The first-order valence-electron chi connectivity index (χ1n) is 5.96. The van der Waals surface area contributed by atoms with Crippen LogP contribution in [0.3, 0.4) is 0 Å². The SMILES string of the molecule is CNCc1ccc(-c2cccc3ncccc23)o1. The smallest absolute Gasteiger partial charge is 0.135 e. The van der Waals surface area contributed by atoms with E-state index in [9.17, 15) is 0 Å². The van der Waals surface area contributed by atoms with Gasteiger partial charge in [-0.15, -0.1) is 0 Å². The van der Waals surface area contributed by atoms with E-state index in [1.54, 1.807) is 6.20 Å². The van der Waals surface area contributed by atoms with E-state index in [2.05, 4.69) is 22.4 Å². The summed E-state index contributed by atoms with van der Waals surface area (Å²) in [4.78, 5) is 4.36. The Morgan fingerprint density at radius 2 is 2.06 bits per heavy atom. The fourth-order valence-electron chi connectivity index (χ4n) is 2.11. The zero-order chi connectivity index (χ0) is 12.4. The predicted molar refractivity (Wildman–Crippen MR) is 72.2 cm³/mol. The van der Waals surface area contributed by atoms with Gasteiger partial charge in [-0.1, -0.05) is 18.2 Å². The summed E-state index contributed by atoms with van der Waals surface area (Å²) in [6.45, 7) is 0.739. The Balaban J connectivity index is 2.12. The molecule has 2 heterocycles. The molecule has 3 nitrogen and oxygen atoms in total. The fourth-order valence-corrected chi connectivity index (χ4v) is 2.11. The average Bonchev–Trinajstić information content (AvgIpc) is 2.87. The van der Waals surface area contributed by atoms with Crippen molar-refractivity contribution in [3.63, 3.8) is 0 Å². The number of furan rings is 1. The number of nitrogens with zero attached hydrogens (tertiary/aromatic N) is 1. The zero-order valence-electron chi connectivity index (χ0n) is 10.2. The van der Waals surface area contributed by atoms with Crippen molar-refractivity contribution >= 4 is 10.9 Å². The second kappa shape index (κ2) is 4.63. The van der Waals surface area contributed by atoms with Gasteiger partial charge < -0.3 is 9.73 Å².